The SMILES string of the molecule is CS(=O)(=O)c1ccc(N2CCN(C(=O)c3cccc(Cl)c3)CC2)cc1. The van der Waals surface area contributed by atoms with Gasteiger partial charge in [-0.25, -0.2) is 8.42 Å². The molecule has 25 heavy (non-hydrogen) atoms. The first kappa shape index (κ1) is 17.8. The topological polar surface area (TPSA) is 57.7 Å². The van der Waals surface area contributed by atoms with Crippen LogP contribution in [0.3, 0.4) is 0 Å². The summed E-state index contributed by atoms with van der Waals surface area (Å²) in [5.41, 5.74) is 1.56. The van der Waals surface area contributed by atoms with Crippen molar-refractivity contribution in [1.29, 1.82) is 0 Å². The molecule has 0 unspecified atom stereocenters. The Balaban J connectivity index is 1.65. The van der Waals surface area contributed by atoms with Gasteiger partial charge in [-0.3, -0.25) is 4.79 Å². The monoisotopic (exact) mass is 378 g/mol. The van der Waals surface area contributed by atoms with Gasteiger partial charge in [-0.15, -0.1) is 0 Å². The van der Waals surface area contributed by atoms with Crippen molar-refractivity contribution >= 4 is 33.0 Å². The van der Waals surface area contributed by atoms with Crippen LogP contribution in [0.1, 0.15) is 10.4 Å². The zero-order chi connectivity index (χ0) is 18.0. The number of halogens is 1. The van der Waals surface area contributed by atoms with Gasteiger partial charge in [-0.05, 0) is 42.5 Å². The minimum atomic E-state index is -3.19. The number of nitrogens with zero attached hydrogens (tertiary/aromatic N) is 2. The van der Waals surface area contributed by atoms with Crippen LogP contribution < -0.4 is 4.90 Å². The molecule has 0 spiro atoms. The lowest BCUT2D eigenvalue weighted by atomic mass is 10.1. The van der Waals surface area contributed by atoms with Crippen molar-refractivity contribution in [2.75, 3.05) is 37.3 Å². The van der Waals surface area contributed by atoms with E-state index in [0.717, 1.165) is 5.69 Å². The van der Waals surface area contributed by atoms with E-state index in [4.69, 9.17) is 11.6 Å². The highest BCUT2D eigenvalue weighted by Crippen LogP contribution is 2.20. The maximum Gasteiger partial charge on any atom is 0.254 e. The maximum atomic E-state index is 12.5. The first-order valence-electron chi connectivity index (χ1n) is 7.94. The minimum Gasteiger partial charge on any atom is -0.368 e. The van der Waals surface area contributed by atoms with Crippen LogP contribution >= 0.6 is 11.6 Å². The molecule has 1 aliphatic rings. The van der Waals surface area contributed by atoms with Gasteiger partial charge in [-0.2, -0.15) is 0 Å². The number of benzene rings is 2. The molecule has 0 saturated carbocycles. The Hall–Kier alpha value is -2.05. The fraction of sp³-hybridized carbons (Fsp3) is 0.278. The molecule has 1 aliphatic heterocycles. The average Bonchev–Trinajstić information content (AvgIpc) is 2.61. The summed E-state index contributed by atoms with van der Waals surface area (Å²) >= 11 is 5.95. The van der Waals surface area contributed by atoms with Crippen molar-refractivity contribution < 1.29 is 13.2 Å². The Kier molecular flexibility index (Phi) is 5.01. The van der Waals surface area contributed by atoms with Crippen LogP contribution in [0.15, 0.2) is 53.4 Å². The summed E-state index contributed by atoms with van der Waals surface area (Å²) in [6.07, 6.45) is 1.20. The second-order valence-corrected chi connectivity index (χ2v) is 8.51. The maximum absolute atomic E-state index is 12.5. The van der Waals surface area contributed by atoms with Gasteiger partial charge in [0.15, 0.2) is 9.84 Å². The van der Waals surface area contributed by atoms with Gasteiger partial charge in [0.05, 0.1) is 4.90 Å². The van der Waals surface area contributed by atoms with Crippen LogP contribution in [0.2, 0.25) is 5.02 Å². The van der Waals surface area contributed by atoms with Gasteiger partial charge >= 0.3 is 0 Å². The van der Waals surface area contributed by atoms with Crippen molar-refractivity contribution in [3.63, 3.8) is 0 Å². The highest BCUT2D eigenvalue weighted by molar-refractivity contribution is 7.90. The number of carbonyl (C=O) groups is 1. The van der Waals surface area contributed by atoms with Crippen molar-refractivity contribution in [3.05, 3.63) is 59.1 Å². The van der Waals surface area contributed by atoms with Gasteiger partial charge in [0, 0.05) is 48.7 Å². The molecule has 0 N–H and O–H groups in total. The van der Waals surface area contributed by atoms with E-state index in [1.54, 1.807) is 36.4 Å². The van der Waals surface area contributed by atoms with Crippen molar-refractivity contribution in [2.24, 2.45) is 0 Å². The molecule has 1 fully saturated rings. The predicted octanol–water partition coefficient (Wildman–Crippen LogP) is 2.71. The van der Waals surface area contributed by atoms with Crippen LogP contribution in [-0.2, 0) is 9.84 Å². The number of hydrogen-bond donors (Lipinski definition) is 0. The summed E-state index contributed by atoms with van der Waals surface area (Å²) in [5, 5.41) is 0.551. The van der Waals surface area contributed by atoms with E-state index in [1.807, 2.05) is 17.0 Å². The molecule has 3 rings (SSSR count). The molecule has 5 nitrogen and oxygen atoms in total. The van der Waals surface area contributed by atoms with Gasteiger partial charge in [-0.1, -0.05) is 17.7 Å². The third-order valence-corrected chi connectivity index (χ3v) is 5.63. The van der Waals surface area contributed by atoms with E-state index < -0.39 is 9.84 Å². The van der Waals surface area contributed by atoms with Gasteiger partial charge in [0.1, 0.15) is 0 Å². The molecule has 0 aliphatic carbocycles. The Morgan fingerprint density at radius 1 is 1.00 bits per heavy atom. The molecular formula is C18H19ClN2O3S. The number of anilines is 1. The molecule has 0 bridgehead atoms. The van der Waals surface area contributed by atoms with Crippen LogP contribution in [0.5, 0.6) is 0 Å². The third kappa shape index (κ3) is 4.14. The summed E-state index contributed by atoms with van der Waals surface area (Å²) in [4.78, 5) is 16.8. The Morgan fingerprint density at radius 3 is 2.20 bits per heavy atom. The smallest absolute Gasteiger partial charge is 0.254 e. The quantitative estimate of drug-likeness (QED) is 0.824. The summed E-state index contributed by atoms with van der Waals surface area (Å²) in [6, 6.07) is 13.8. The normalized spacial score (nSPS) is 15.3. The number of hydrogen-bond acceptors (Lipinski definition) is 4. The fourth-order valence-corrected chi connectivity index (χ4v) is 3.70. The lowest BCUT2D eigenvalue weighted by Gasteiger charge is -2.36. The molecule has 0 aromatic heterocycles. The van der Waals surface area contributed by atoms with Crippen LogP contribution in [-0.4, -0.2) is 51.7 Å². The lowest BCUT2D eigenvalue weighted by Crippen LogP contribution is -2.48. The standard InChI is InChI=1S/C18H19ClN2O3S/c1-25(23,24)17-7-5-16(6-8-17)20-9-11-21(12-10-20)18(22)14-3-2-4-15(19)13-14/h2-8,13H,9-12H2,1H3. The Labute approximate surface area is 152 Å². The minimum absolute atomic E-state index is 0.0189. The van der Waals surface area contributed by atoms with E-state index in [1.165, 1.54) is 6.26 Å². The summed E-state index contributed by atoms with van der Waals surface area (Å²) < 4.78 is 23.1. The first-order chi connectivity index (χ1) is 11.8. The largest absolute Gasteiger partial charge is 0.368 e. The van der Waals surface area contributed by atoms with Gasteiger partial charge in [0.2, 0.25) is 0 Å². The second-order valence-electron chi connectivity index (χ2n) is 6.06. The van der Waals surface area contributed by atoms with E-state index in [-0.39, 0.29) is 5.91 Å². The van der Waals surface area contributed by atoms with Crippen LogP contribution in [0.25, 0.3) is 0 Å². The van der Waals surface area contributed by atoms with Crippen LogP contribution in [0.4, 0.5) is 5.69 Å². The second kappa shape index (κ2) is 7.06. The highest BCUT2D eigenvalue weighted by Gasteiger charge is 2.22. The summed E-state index contributed by atoms with van der Waals surface area (Å²) in [6.45, 7) is 2.62. The van der Waals surface area contributed by atoms with Crippen LogP contribution in [0, 0.1) is 0 Å². The van der Waals surface area contributed by atoms with E-state index in [9.17, 15) is 13.2 Å². The Morgan fingerprint density at radius 2 is 1.64 bits per heavy atom. The Bertz CT molecular complexity index is 873. The molecule has 1 amide bonds. The zero-order valence-corrected chi connectivity index (χ0v) is 15.4. The zero-order valence-electron chi connectivity index (χ0n) is 13.9. The number of piperazine rings is 1. The molecule has 2 aromatic carbocycles. The van der Waals surface area contributed by atoms with Gasteiger partial charge in [0.25, 0.3) is 5.91 Å². The fourth-order valence-electron chi connectivity index (χ4n) is 2.88. The molecule has 0 atom stereocenters. The average molecular weight is 379 g/mol. The molecule has 1 heterocycles. The third-order valence-electron chi connectivity index (χ3n) is 4.27. The van der Waals surface area contributed by atoms with Gasteiger partial charge < -0.3 is 9.80 Å². The summed E-state index contributed by atoms with van der Waals surface area (Å²) in [5.74, 6) is -0.0189. The van der Waals surface area contributed by atoms with E-state index in [0.29, 0.717) is 41.7 Å². The molecule has 1 saturated heterocycles. The molecular weight excluding hydrogens is 360 g/mol. The molecule has 0 radical (unpaired) electrons. The molecule has 2 aromatic rings. The van der Waals surface area contributed by atoms with Crippen molar-refractivity contribution in [1.82, 2.24) is 4.90 Å². The summed E-state index contributed by atoms with van der Waals surface area (Å²) in [7, 11) is -3.19. The number of carbonyl (C=O) groups excluding carboxylic acids is 1. The highest BCUT2D eigenvalue weighted by atomic mass is 35.5. The molecule has 7 heteroatoms. The number of rotatable bonds is 3. The molecule has 132 valence electrons. The number of sulfone groups is 1. The lowest BCUT2D eigenvalue weighted by molar-refractivity contribution is 0.0747. The number of amides is 1. The van der Waals surface area contributed by atoms with E-state index >= 15 is 0 Å². The predicted molar refractivity (Wildman–Crippen MR) is 99.1 cm³/mol. The van der Waals surface area contributed by atoms with Crippen molar-refractivity contribution in [2.45, 2.75) is 4.90 Å². The van der Waals surface area contributed by atoms with Crippen molar-refractivity contribution in [3.8, 4) is 0 Å². The first-order valence-corrected chi connectivity index (χ1v) is 10.2. The van der Waals surface area contributed by atoms with E-state index in [2.05, 4.69) is 4.90 Å².